The second-order valence-electron chi connectivity index (χ2n) is 6.23. The molecule has 4 nitrogen and oxygen atoms in total. The lowest BCUT2D eigenvalue weighted by atomic mass is 9.79. The van der Waals surface area contributed by atoms with Crippen LogP contribution in [0.5, 0.6) is 0 Å². The summed E-state index contributed by atoms with van der Waals surface area (Å²) in [5.41, 5.74) is -0.574. The van der Waals surface area contributed by atoms with Crippen molar-refractivity contribution in [1.29, 1.82) is 0 Å². The quantitative estimate of drug-likeness (QED) is 0.797. The summed E-state index contributed by atoms with van der Waals surface area (Å²) in [5, 5.41) is 3.38. The number of ether oxygens (including phenoxy) is 1. The molecule has 0 radical (unpaired) electrons. The highest BCUT2D eigenvalue weighted by Crippen LogP contribution is 2.32. The number of nitrogens with zero attached hydrogens (tertiary/aromatic N) is 1. The van der Waals surface area contributed by atoms with Crippen molar-refractivity contribution in [1.82, 2.24) is 10.3 Å². The molecule has 134 valence electrons. The molecule has 2 rings (SSSR count). The molecule has 1 aromatic heterocycles. The van der Waals surface area contributed by atoms with Crippen molar-refractivity contribution in [2.24, 2.45) is 0 Å². The van der Waals surface area contributed by atoms with E-state index in [4.69, 9.17) is 4.74 Å². The van der Waals surface area contributed by atoms with Gasteiger partial charge >= 0.3 is 12.1 Å². The molecule has 24 heavy (non-hydrogen) atoms. The number of rotatable bonds is 6. The molecule has 0 aromatic carbocycles. The summed E-state index contributed by atoms with van der Waals surface area (Å²) in [7, 11) is 0. The topological polar surface area (TPSA) is 51.2 Å². The third-order valence-electron chi connectivity index (χ3n) is 4.38. The zero-order chi connectivity index (χ0) is 17.6. The molecule has 1 heterocycles. The van der Waals surface area contributed by atoms with Crippen LogP contribution in [0.2, 0.25) is 0 Å². The molecule has 0 unspecified atom stereocenters. The Labute approximate surface area is 139 Å². The van der Waals surface area contributed by atoms with E-state index in [1.54, 1.807) is 6.92 Å². The molecule has 0 saturated heterocycles. The van der Waals surface area contributed by atoms with Gasteiger partial charge in [0.15, 0.2) is 0 Å². The normalized spacial score (nSPS) is 17.5. The maximum atomic E-state index is 12.5. The molecule has 0 spiro atoms. The van der Waals surface area contributed by atoms with E-state index in [9.17, 15) is 18.0 Å². The molecule has 1 saturated carbocycles. The molecular formula is C17H23F3N2O2. The van der Waals surface area contributed by atoms with Crippen molar-refractivity contribution < 1.29 is 22.7 Å². The van der Waals surface area contributed by atoms with Crippen LogP contribution in [0.4, 0.5) is 13.2 Å². The van der Waals surface area contributed by atoms with Crippen LogP contribution >= 0.6 is 0 Å². The minimum atomic E-state index is -4.43. The Hall–Kier alpha value is -1.63. The highest BCUT2D eigenvalue weighted by Gasteiger charge is 2.35. The zero-order valence-electron chi connectivity index (χ0n) is 13.8. The Kier molecular flexibility index (Phi) is 6.21. The number of hydrogen-bond acceptors (Lipinski definition) is 4. The van der Waals surface area contributed by atoms with Crippen molar-refractivity contribution in [2.45, 2.75) is 63.7 Å². The van der Waals surface area contributed by atoms with E-state index in [-0.39, 0.29) is 17.9 Å². The number of carbonyl (C=O) groups excluding carboxylic acids is 1. The van der Waals surface area contributed by atoms with Crippen LogP contribution in [0.1, 0.15) is 56.7 Å². The number of pyridine rings is 1. The second-order valence-corrected chi connectivity index (χ2v) is 6.23. The summed E-state index contributed by atoms with van der Waals surface area (Å²) >= 11 is 0. The predicted molar refractivity (Wildman–Crippen MR) is 83.1 cm³/mol. The van der Waals surface area contributed by atoms with Gasteiger partial charge in [-0.3, -0.25) is 9.78 Å². The largest absolute Gasteiger partial charge is 0.466 e. The molecule has 1 aliphatic carbocycles. The first kappa shape index (κ1) is 18.7. The highest BCUT2D eigenvalue weighted by atomic mass is 19.4. The van der Waals surface area contributed by atoms with Crippen molar-refractivity contribution in [3.8, 4) is 0 Å². The first-order chi connectivity index (χ1) is 11.3. The molecule has 7 heteroatoms. The average molecular weight is 344 g/mol. The molecule has 1 N–H and O–H groups in total. The summed E-state index contributed by atoms with van der Waals surface area (Å²) in [6.45, 7) is 2.50. The molecule has 0 amide bonds. The molecule has 1 fully saturated rings. The van der Waals surface area contributed by atoms with Gasteiger partial charge in [0.05, 0.1) is 13.0 Å². The van der Waals surface area contributed by atoms with E-state index in [2.05, 4.69) is 10.3 Å². The van der Waals surface area contributed by atoms with E-state index in [1.165, 1.54) is 12.3 Å². The SMILES string of the molecule is CCOC(=O)CC1(NCc2ccc(C(F)(F)F)nc2)CCCCC1. The second kappa shape index (κ2) is 7.96. The Morgan fingerprint density at radius 1 is 1.29 bits per heavy atom. The molecule has 0 aliphatic heterocycles. The first-order valence-electron chi connectivity index (χ1n) is 8.27. The standard InChI is InChI=1S/C17H23F3N2O2/c1-2-24-15(23)10-16(8-4-3-5-9-16)22-12-13-6-7-14(21-11-13)17(18,19)20/h6-7,11,22H,2-5,8-10,12H2,1H3. The number of halogens is 3. The lowest BCUT2D eigenvalue weighted by Gasteiger charge is -2.37. The third-order valence-corrected chi connectivity index (χ3v) is 4.38. The maximum absolute atomic E-state index is 12.5. The van der Waals surface area contributed by atoms with Crippen LogP contribution in [0.15, 0.2) is 18.3 Å². The molecule has 1 aromatic rings. The number of aromatic nitrogens is 1. The van der Waals surface area contributed by atoms with Gasteiger partial charge in [0, 0.05) is 18.3 Å². The van der Waals surface area contributed by atoms with Gasteiger partial charge in [-0.25, -0.2) is 0 Å². The van der Waals surface area contributed by atoms with Gasteiger partial charge in [-0.05, 0) is 31.4 Å². The third kappa shape index (κ3) is 5.19. The van der Waals surface area contributed by atoms with E-state index in [0.717, 1.165) is 38.2 Å². The van der Waals surface area contributed by atoms with Crippen molar-refractivity contribution in [3.05, 3.63) is 29.6 Å². The van der Waals surface area contributed by atoms with E-state index in [0.29, 0.717) is 18.7 Å². The summed E-state index contributed by atoms with van der Waals surface area (Å²) < 4.78 is 42.7. The number of esters is 1. The van der Waals surface area contributed by atoms with Gasteiger partial charge < -0.3 is 10.1 Å². The summed E-state index contributed by atoms with van der Waals surface area (Å²) in [5.74, 6) is -0.238. The Balaban J connectivity index is 2.00. The molecule has 1 aliphatic rings. The van der Waals surface area contributed by atoms with E-state index >= 15 is 0 Å². The molecule has 0 bridgehead atoms. The van der Waals surface area contributed by atoms with Crippen LogP contribution in [0, 0.1) is 0 Å². The van der Waals surface area contributed by atoms with Crippen LogP contribution in [0.25, 0.3) is 0 Å². The minimum absolute atomic E-state index is 0.238. The first-order valence-corrected chi connectivity index (χ1v) is 8.27. The monoisotopic (exact) mass is 344 g/mol. The van der Waals surface area contributed by atoms with Gasteiger partial charge in [-0.15, -0.1) is 0 Å². The summed E-state index contributed by atoms with van der Waals surface area (Å²) in [6, 6.07) is 2.40. The average Bonchev–Trinajstić information content (AvgIpc) is 2.54. The van der Waals surface area contributed by atoms with Crippen LogP contribution in [-0.4, -0.2) is 23.1 Å². The van der Waals surface area contributed by atoms with Gasteiger partial charge in [0.2, 0.25) is 0 Å². The lowest BCUT2D eigenvalue weighted by Crippen LogP contribution is -2.48. The minimum Gasteiger partial charge on any atom is -0.466 e. The van der Waals surface area contributed by atoms with Crippen LogP contribution in [0.3, 0.4) is 0 Å². The zero-order valence-corrected chi connectivity index (χ0v) is 13.8. The van der Waals surface area contributed by atoms with Crippen LogP contribution < -0.4 is 5.32 Å². The molecule has 0 atom stereocenters. The Bertz CT molecular complexity index is 538. The van der Waals surface area contributed by atoms with E-state index in [1.807, 2.05) is 0 Å². The van der Waals surface area contributed by atoms with Gasteiger partial charge in [0.25, 0.3) is 0 Å². The van der Waals surface area contributed by atoms with E-state index < -0.39 is 11.9 Å². The van der Waals surface area contributed by atoms with Crippen LogP contribution in [-0.2, 0) is 22.3 Å². The van der Waals surface area contributed by atoms with Crippen molar-refractivity contribution >= 4 is 5.97 Å². The summed E-state index contributed by atoms with van der Waals surface area (Å²) in [6.07, 6.45) is 2.00. The fourth-order valence-electron chi connectivity index (χ4n) is 3.12. The number of hydrogen-bond donors (Lipinski definition) is 1. The highest BCUT2D eigenvalue weighted by molar-refractivity contribution is 5.71. The molecular weight excluding hydrogens is 321 g/mol. The predicted octanol–water partition coefficient (Wildman–Crippen LogP) is 3.85. The van der Waals surface area contributed by atoms with Crippen molar-refractivity contribution in [2.75, 3.05) is 6.61 Å². The maximum Gasteiger partial charge on any atom is 0.433 e. The smallest absolute Gasteiger partial charge is 0.433 e. The number of carbonyl (C=O) groups is 1. The fourth-order valence-corrected chi connectivity index (χ4v) is 3.12. The lowest BCUT2D eigenvalue weighted by molar-refractivity contribution is -0.145. The Morgan fingerprint density at radius 2 is 2.00 bits per heavy atom. The van der Waals surface area contributed by atoms with Gasteiger partial charge in [-0.2, -0.15) is 13.2 Å². The Morgan fingerprint density at radius 3 is 2.54 bits per heavy atom. The van der Waals surface area contributed by atoms with Gasteiger partial charge in [-0.1, -0.05) is 25.3 Å². The number of nitrogens with one attached hydrogen (secondary N) is 1. The van der Waals surface area contributed by atoms with Gasteiger partial charge in [0.1, 0.15) is 5.69 Å². The van der Waals surface area contributed by atoms with Crippen molar-refractivity contribution in [3.63, 3.8) is 0 Å². The number of alkyl halides is 3. The fraction of sp³-hybridized carbons (Fsp3) is 0.647. The summed E-state index contributed by atoms with van der Waals surface area (Å²) in [4.78, 5) is 15.4.